The maximum absolute atomic E-state index is 11.5. The minimum atomic E-state index is -4.09. The van der Waals surface area contributed by atoms with Crippen LogP contribution in [0.1, 0.15) is 13.3 Å². The Morgan fingerprint density at radius 2 is 2.14 bits per heavy atom. The minimum absolute atomic E-state index is 0.00145. The Hall–Kier alpha value is -0.470. The van der Waals surface area contributed by atoms with E-state index in [0.29, 0.717) is 0 Å². The van der Waals surface area contributed by atoms with Gasteiger partial charge in [-0.15, -0.1) is 6.42 Å². The summed E-state index contributed by atoms with van der Waals surface area (Å²) < 4.78 is 40.9. The molecule has 0 N–H and O–H groups in total. The average Bonchev–Trinajstić information content (AvgIpc) is 2.18. The van der Waals surface area contributed by atoms with Gasteiger partial charge >= 0.3 is 10.1 Å². The Morgan fingerprint density at radius 3 is 2.43 bits per heavy atom. The van der Waals surface area contributed by atoms with Crippen LogP contribution in [0.3, 0.4) is 0 Å². The molecule has 0 amide bonds. The lowest BCUT2D eigenvalue weighted by Crippen LogP contribution is -2.35. The topological polar surface area (TPSA) is 69.7 Å². The lowest BCUT2D eigenvalue weighted by molar-refractivity contribution is 0.114. The monoisotopic (exact) mass is 238 g/mol. The zero-order chi connectivity index (χ0) is 11.2. The Bertz CT molecular complexity index is 324. The SMILES string of the molecule is C#CCOS(=O)(=O)C(CC)(OC)P=O. The maximum Gasteiger partial charge on any atom is 0.310 e. The van der Waals surface area contributed by atoms with E-state index < -0.39 is 29.9 Å². The molecular weight excluding hydrogens is 227 g/mol. The summed E-state index contributed by atoms with van der Waals surface area (Å²) in [5, 5.41) is 0. The molecule has 0 aromatic heterocycles. The molecule has 0 rings (SSSR count). The van der Waals surface area contributed by atoms with Crippen LogP contribution in [-0.4, -0.2) is 26.8 Å². The van der Waals surface area contributed by atoms with Gasteiger partial charge in [0.25, 0.3) is 4.67 Å². The highest BCUT2D eigenvalue weighted by atomic mass is 32.2. The molecule has 80 valence electrons. The third kappa shape index (κ3) is 2.52. The second-order valence-corrected chi connectivity index (χ2v) is 5.29. The highest BCUT2D eigenvalue weighted by Crippen LogP contribution is 2.35. The molecule has 0 saturated heterocycles. The van der Waals surface area contributed by atoms with Crippen LogP contribution in [0.4, 0.5) is 0 Å². The lowest BCUT2D eigenvalue weighted by atomic mass is 10.5. The standard InChI is InChI=1S/C7H11O5PS/c1-4-6-12-14(9,10)7(5-2,11-3)13-8/h1H,5-6H2,2-3H3. The third-order valence-electron chi connectivity index (χ3n) is 1.59. The maximum atomic E-state index is 11.5. The van der Waals surface area contributed by atoms with Gasteiger partial charge in [0.1, 0.15) is 6.61 Å². The summed E-state index contributed by atoms with van der Waals surface area (Å²) in [6, 6.07) is 0. The molecule has 0 spiro atoms. The van der Waals surface area contributed by atoms with Crippen molar-refractivity contribution in [3.8, 4) is 12.3 Å². The third-order valence-corrected chi connectivity index (χ3v) is 4.93. The number of ether oxygens (including phenoxy) is 1. The van der Waals surface area contributed by atoms with Gasteiger partial charge in [0.05, 0.1) is 0 Å². The van der Waals surface area contributed by atoms with Crippen LogP contribution in [0.5, 0.6) is 0 Å². The second-order valence-electron chi connectivity index (χ2n) is 2.28. The van der Waals surface area contributed by atoms with E-state index >= 15 is 0 Å². The lowest BCUT2D eigenvalue weighted by Gasteiger charge is -2.21. The van der Waals surface area contributed by atoms with E-state index in [4.69, 9.17) is 11.2 Å². The fourth-order valence-corrected chi connectivity index (χ4v) is 2.47. The predicted molar refractivity (Wildman–Crippen MR) is 51.3 cm³/mol. The van der Waals surface area contributed by atoms with Crippen molar-refractivity contribution in [2.75, 3.05) is 13.7 Å². The van der Waals surface area contributed by atoms with Gasteiger partial charge in [-0.1, -0.05) is 12.8 Å². The average molecular weight is 238 g/mol. The van der Waals surface area contributed by atoms with E-state index in [2.05, 4.69) is 4.18 Å². The molecule has 7 heteroatoms. The van der Waals surface area contributed by atoms with E-state index in [0.717, 1.165) is 7.11 Å². The number of rotatable bonds is 6. The van der Waals surface area contributed by atoms with Gasteiger partial charge in [-0.2, -0.15) is 8.42 Å². The van der Waals surface area contributed by atoms with Crippen molar-refractivity contribution in [1.82, 2.24) is 0 Å². The highest BCUT2D eigenvalue weighted by molar-refractivity contribution is 7.92. The van der Waals surface area contributed by atoms with Gasteiger partial charge in [0.2, 0.25) is 8.46 Å². The van der Waals surface area contributed by atoms with Crippen LogP contribution in [0.15, 0.2) is 0 Å². The molecule has 0 radical (unpaired) electrons. The zero-order valence-electron chi connectivity index (χ0n) is 7.89. The summed E-state index contributed by atoms with van der Waals surface area (Å²) in [5.41, 5.74) is 0. The molecule has 0 bridgehead atoms. The first kappa shape index (κ1) is 13.5. The fourth-order valence-electron chi connectivity index (χ4n) is 0.774. The van der Waals surface area contributed by atoms with Crippen LogP contribution in [-0.2, 0) is 23.6 Å². The van der Waals surface area contributed by atoms with Crippen LogP contribution < -0.4 is 0 Å². The van der Waals surface area contributed by atoms with E-state index in [-0.39, 0.29) is 6.42 Å². The Morgan fingerprint density at radius 1 is 1.57 bits per heavy atom. The van der Waals surface area contributed by atoms with Crippen molar-refractivity contribution < 1.29 is 21.9 Å². The largest absolute Gasteiger partial charge is 0.351 e. The molecule has 0 aliphatic heterocycles. The van der Waals surface area contributed by atoms with E-state index in [9.17, 15) is 13.0 Å². The predicted octanol–water partition coefficient (Wildman–Crippen LogP) is 0.968. The summed E-state index contributed by atoms with van der Waals surface area (Å²) in [6.45, 7) is 1.12. The molecule has 0 heterocycles. The van der Waals surface area contributed by atoms with Crippen LogP contribution >= 0.6 is 8.46 Å². The molecule has 0 fully saturated rings. The summed E-state index contributed by atoms with van der Waals surface area (Å²) >= 11 is 0. The Kier molecular flexibility index (Phi) is 5.24. The van der Waals surface area contributed by atoms with Crippen LogP contribution in [0.2, 0.25) is 0 Å². The first-order chi connectivity index (χ1) is 6.49. The van der Waals surface area contributed by atoms with Crippen molar-refractivity contribution in [2.24, 2.45) is 0 Å². The van der Waals surface area contributed by atoms with Crippen molar-refractivity contribution in [3.63, 3.8) is 0 Å². The molecule has 14 heavy (non-hydrogen) atoms. The molecule has 0 aliphatic rings. The van der Waals surface area contributed by atoms with E-state index in [1.807, 2.05) is 5.92 Å². The first-order valence-corrected chi connectivity index (χ1v) is 5.93. The first-order valence-electron chi connectivity index (χ1n) is 3.71. The Labute approximate surface area is 85.1 Å². The fraction of sp³-hybridized carbons (Fsp3) is 0.714. The second kappa shape index (κ2) is 5.42. The Balaban J connectivity index is 5.02. The molecule has 1 atom stereocenters. The zero-order valence-corrected chi connectivity index (χ0v) is 9.60. The summed E-state index contributed by atoms with van der Waals surface area (Å²) in [4.78, 5) is 0. The molecule has 0 aromatic rings. The van der Waals surface area contributed by atoms with Gasteiger partial charge < -0.3 is 4.74 Å². The van der Waals surface area contributed by atoms with E-state index in [1.54, 1.807) is 0 Å². The van der Waals surface area contributed by atoms with Gasteiger partial charge in [0, 0.05) is 13.5 Å². The molecule has 1 unspecified atom stereocenters. The number of methoxy groups -OCH3 is 1. The van der Waals surface area contributed by atoms with Gasteiger partial charge in [-0.25, -0.2) is 0 Å². The number of terminal acetylenes is 1. The smallest absolute Gasteiger partial charge is 0.310 e. The van der Waals surface area contributed by atoms with Crippen molar-refractivity contribution in [2.45, 2.75) is 18.0 Å². The van der Waals surface area contributed by atoms with Gasteiger partial charge in [0.15, 0.2) is 0 Å². The molecule has 0 aromatic carbocycles. The van der Waals surface area contributed by atoms with Crippen LogP contribution in [0.25, 0.3) is 0 Å². The van der Waals surface area contributed by atoms with Crippen molar-refractivity contribution in [1.29, 1.82) is 0 Å². The van der Waals surface area contributed by atoms with Crippen molar-refractivity contribution >= 4 is 18.6 Å². The molecule has 0 saturated carbocycles. The van der Waals surface area contributed by atoms with Gasteiger partial charge in [-0.3, -0.25) is 8.75 Å². The van der Waals surface area contributed by atoms with Crippen LogP contribution in [0, 0.1) is 12.3 Å². The summed E-state index contributed by atoms with van der Waals surface area (Å²) in [7, 11) is -3.62. The van der Waals surface area contributed by atoms with Crippen molar-refractivity contribution in [3.05, 3.63) is 0 Å². The summed E-state index contributed by atoms with van der Waals surface area (Å²) in [5.74, 6) is 2.01. The minimum Gasteiger partial charge on any atom is -0.351 e. The molecule has 0 aliphatic carbocycles. The van der Waals surface area contributed by atoms with E-state index in [1.165, 1.54) is 6.92 Å². The molecule has 5 nitrogen and oxygen atoms in total. The van der Waals surface area contributed by atoms with Gasteiger partial charge in [-0.05, 0) is 0 Å². The highest BCUT2D eigenvalue weighted by Gasteiger charge is 2.45. The number of hydrogen-bond donors (Lipinski definition) is 0. The number of hydrogen-bond acceptors (Lipinski definition) is 5. The summed E-state index contributed by atoms with van der Waals surface area (Å²) in [6.07, 6.45) is 4.84. The quantitative estimate of drug-likeness (QED) is 0.391. The molecular formula is C7H11O5PS. The normalized spacial score (nSPS) is 16.1.